The molecule has 0 aliphatic rings. The molecule has 19 heavy (non-hydrogen) atoms. The summed E-state index contributed by atoms with van der Waals surface area (Å²) in [5.74, 6) is -0.0326. The van der Waals surface area contributed by atoms with Crippen LogP contribution in [0, 0.1) is 5.41 Å². The van der Waals surface area contributed by atoms with E-state index in [0.717, 1.165) is 15.6 Å². The van der Waals surface area contributed by atoms with Crippen LogP contribution in [-0.2, 0) is 18.0 Å². The number of hydrogen-bond donors (Lipinski definition) is 2. The summed E-state index contributed by atoms with van der Waals surface area (Å²) in [7, 11) is 0. The maximum atomic E-state index is 7.33. The molecular weight excluding hydrogens is 306 g/mol. The summed E-state index contributed by atoms with van der Waals surface area (Å²) in [6.45, 7) is 1.02. The molecule has 0 fully saturated rings. The van der Waals surface area contributed by atoms with Crippen molar-refractivity contribution in [2.45, 2.75) is 13.2 Å². The molecule has 4 nitrogen and oxygen atoms in total. The molecule has 0 radical (unpaired) electrons. The average molecular weight is 320 g/mol. The number of nitrogens with zero attached hydrogens (tertiary/aromatic N) is 1. The molecule has 2 aromatic rings. The molecule has 0 aliphatic heterocycles. The van der Waals surface area contributed by atoms with Crippen molar-refractivity contribution in [1.29, 1.82) is 5.41 Å². The maximum absolute atomic E-state index is 7.33. The number of nitrogens with one attached hydrogen (secondary N) is 1. The van der Waals surface area contributed by atoms with Gasteiger partial charge >= 0.3 is 0 Å². The zero-order valence-corrected chi connectivity index (χ0v) is 11.9. The van der Waals surface area contributed by atoms with Crippen LogP contribution < -0.4 is 5.73 Å². The van der Waals surface area contributed by atoms with Crippen LogP contribution in [0.3, 0.4) is 0 Å². The molecule has 0 saturated heterocycles. The monoisotopic (exact) mass is 319 g/mol. The number of nitrogen functional groups attached to an aromatic ring is 1. The molecule has 1 heterocycles. The molecule has 0 saturated carbocycles. The number of pyridine rings is 1. The number of rotatable bonds is 5. The summed E-state index contributed by atoms with van der Waals surface area (Å²) in [4.78, 5) is 4.00. The minimum atomic E-state index is -0.0326. The van der Waals surface area contributed by atoms with E-state index < -0.39 is 0 Å². The van der Waals surface area contributed by atoms with Crippen LogP contribution in [0.2, 0.25) is 0 Å². The van der Waals surface area contributed by atoms with Crippen molar-refractivity contribution < 1.29 is 4.74 Å². The third-order valence-electron chi connectivity index (χ3n) is 2.55. The van der Waals surface area contributed by atoms with Crippen LogP contribution in [-0.4, -0.2) is 10.8 Å². The summed E-state index contributed by atoms with van der Waals surface area (Å²) in [5, 5.41) is 7.33. The van der Waals surface area contributed by atoms with E-state index in [-0.39, 0.29) is 5.84 Å². The average Bonchev–Trinajstić information content (AvgIpc) is 2.41. The third kappa shape index (κ3) is 4.15. The van der Waals surface area contributed by atoms with Gasteiger partial charge in [-0.15, -0.1) is 0 Å². The topological polar surface area (TPSA) is 72.0 Å². The first-order valence-corrected chi connectivity index (χ1v) is 6.56. The highest BCUT2D eigenvalue weighted by Crippen LogP contribution is 2.12. The van der Waals surface area contributed by atoms with Crippen molar-refractivity contribution in [3.8, 4) is 0 Å². The second-order valence-electron chi connectivity index (χ2n) is 4.08. The van der Waals surface area contributed by atoms with Gasteiger partial charge in [0.1, 0.15) is 11.5 Å². The molecule has 0 unspecified atom stereocenters. The maximum Gasteiger partial charge on any atom is 0.141 e. The summed E-state index contributed by atoms with van der Waals surface area (Å²) >= 11 is 3.39. The number of amidine groups is 1. The molecule has 0 atom stereocenters. The van der Waals surface area contributed by atoms with E-state index in [1.54, 1.807) is 12.3 Å². The zero-order valence-electron chi connectivity index (χ0n) is 10.3. The lowest BCUT2D eigenvalue weighted by Crippen LogP contribution is -2.13. The Balaban J connectivity index is 1.90. The minimum Gasteiger partial charge on any atom is -0.382 e. The molecule has 0 aliphatic carbocycles. The number of benzene rings is 1. The number of hydrogen-bond acceptors (Lipinski definition) is 3. The second-order valence-corrected chi connectivity index (χ2v) is 5.00. The zero-order chi connectivity index (χ0) is 13.7. The Kier molecular flexibility index (Phi) is 4.65. The van der Waals surface area contributed by atoms with E-state index >= 15 is 0 Å². The van der Waals surface area contributed by atoms with Crippen LogP contribution in [0.4, 0.5) is 0 Å². The van der Waals surface area contributed by atoms with Gasteiger partial charge in [0, 0.05) is 10.7 Å². The van der Waals surface area contributed by atoms with Gasteiger partial charge in [0.15, 0.2) is 0 Å². The van der Waals surface area contributed by atoms with Gasteiger partial charge in [0.2, 0.25) is 0 Å². The molecule has 2 rings (SSSR count). The fourth-order valence-corrected chi connectivity index (χ4v) is 1.84. The molecule has 5 heteroatoms. The molecule has 98 valence electrons. The fourth-order valence-electron chi connectivity index (χ4n) is 1.58. The van der Waals surface area contributed by atoms with Gasteiger partial charge in [-0.05, 0) is 35.4 Å². The highest BCUT2D eigenvalue weighted by Gasteiger charge is 2.00. The number of aromatic nitrogens is 1. The summed E-state index contributed by atoms with van der Waals surface area (Å²) < 4.78 is 6.68. The Bertz CT molecular complexity index is 569. The van der Waals surface area contributed by atoms with E-state index in [0.29, 0.717) is 18.9 Å². The molecule has 3 N–H and O–H groups in total. The van der Waals surface area contributed by atoms with Crippen LogP contribution in [0.5, 0.6) is 0 Å². The van der Waals surface area contributed by atoms with Crippen molar-refractivity contribution >= 4 is 21.8 Å². The smallest absolute Gasteiger partial charge is 0.141 e. The molecule has 1 aromatic carbocycles. The SMILES string of the molecule is N=C(N)c1cc(COCc2ccc(Br)cc2)ccn1. The van der Waals surface area contributed by atoms with Gasteiger partial charge in [-0.2, -0.15) is 0 Å². The summed E-state index contributed by atoms with van der Waals surface area (Å²) in [6, 6.07) is 11.6. The van der Waals surface area contributed by atoms with Gasteiger partial charge in [-0.25, -0.2) is 0 Å². The molecule has 0 spiro atoms. The van der Waals surface area contributed by atoms with Crippen molar-refractivity contribution in [1.82, 2.24) is 4.98 Å². The predicted molar refractivity (Wildman–Crippen MR) is 77.9 cm³/mol. The highest BCUT2D eigenvalue weighted by molar-refractivity contribution is 9.10. The second kappa shape index (κ2) is 6.45. The van der Waals surface area contributed by atoms with Gasteiger partial charge in [0.25, 0.3) is 0 Å². The van der Waals surface area contributed by atoms with Crippen molar-refractivity contribution in [3.05, 3.63) is 63.9 Å². The Morgan fingerprint density at radius 2 is 1.84 bits per heavy atom. The Morgan fingerprint density at radius 3 is 2.53 bits per heavy atom. The van der Waals surface area contributed by atoms with Gasteiger partial charge in [-0.1, -0.05) is 28.1 Å². The van der Waals surface area contributed by atoms with Crippen molar-refractivity contribution in [3.63, 3.8) is 0 Å². The summed E-state index contributed by atoms with van der Waals surface area (Å²) in [6.07, 6.45) is 1.63. The number of ether oxygens (including phenoxy) is 1. The van der Waals surface area contributed by atoms with Crippen LogP contribution >= 0.6 is 15.9 Å². The lowest BCUT2D eigenvalue weighted by atomic mass is 10.2. The van der Waals surface area contributed by atoms with Gasteiger partial charge in [0.05, 0.1) is 13.2 Å². The molecule has 0 bridgehead atoms. The standard InChI is InChI=1S/C14H14BrN3O/c15-12-3-1-10(2-4-12)8-19-9-11-5-6-18-13(7-11)14(16)17/h1-7H,8-9H2,(H3,16,17). The van der Waals surface area contributed by atoms with Crippen LogP contribution in [0.1, 0.15) is 16.8 Å². The van der Waals surface area contributed by atoms with E-state index in [4.69, 9.17) is 15.9 Å². The molecule has 0 amide bonds. The Morgan fingerprint density at radius 1 is 1.16 bits per heavy atom. The van der Waals surface area contributed by atoms with Crippen molar-refractivity contribution in [2.75, 3.05) is 0 Å². The van der Waals surface area contributed by atoms with Crippen molar-refractivity contribution in [2.24, 2.45) is 5.73 Å². The van der Waals surface area contributed by atoms with Crippen LogP contribution in [0.15, 0.2) is 47.1 Å². The lowest BCUT2D eigenvalue weighted by Gasteiger charge is -2.06. The molecule has 1 aromatic heterocycles. The molecular formula is C14H14BrN3O. The minimum absolute atomic E-state index is 0.0326. The first kappa shape index (κ1) is 13.7. The van der Waals surface area contributed by atoms with Gasteiger partial charge in [-0.3, -0.25) is 10.4 Å². The van der Waals surface area contributed by atoms with E-state index in [9.17, 15) is 0 Å². The van der Waals surface area contributed by atoms with Crippen LogP contribution in [0.25, 0.3) is 0 Å². The first-order valence-electron chi connectivity index (χ1n) is 5.76. The van der Waals surface area contributed by atoms with Gasteiger partial charge < -0.3 is 10.5 Å². The quantitative estimate of drug-likeness (QED) is 0.657. The largest absolute Gasteiger partial charge is 0.382 e. The Labute approximate surface area is 120 Å². The lowest BCUT2D eigenvalue weighted by molar-refractivity contribution is 0.107. The first-order chi connectivity index (χ1) is 9.15. The van der Waals surface area contributed by atoms with E-state index in [1.165, 1.54) is 0 Å². The summed E-state index contributed by atoms with van der Waals surface area (Å²) in [5.41, 5.74) is 7.94. The normalized spacial score (nSPS) is 10.4. The predicted octanol–water partition coefficient (Wildman–Crippen LogP) is 2.84. The highest BCUT2D eigenvalue weighted by atomic mass is 79.9. The van der Waals surface area contributed by atoms with E-state index in [2.05, 4.69) is 20.9 Å². The number of halogens is 1. The Hall–Kier alpha value is -1.72. The fraction of sp³-hybridized carbons (Fsp3) is 0.143. The third-order valence-corrected chi connectivity index (χ3v) is 3.08. The van der Waals surface area contributed by atoms with E-state index in [1.807, 2.05) is 30.3 Å². The number of nitrogens with two attached hydrogens (primary N) is 1.